The van der Waals surface area contributed by atoms with E-state index in [4.69, 9.17) is 4.42 Å². The van der Waals surface area contributed by atoms with Crippen LogP contribution >= 0.6 is 33.9 Å². The zero-order valence-electron chi connectivity index (χ0n) is 9.50. The zero-order chi connectivity index (χ0) is 11.7. The first-order chi connectivity index (χ1) is 7.61. The van der Waals surface area contributed by atoms with Gasteiger partial charge in [-0.05, 0) is 66.6 Å². The summed E-state index contributed by atoms with van der Waals surface area (Å²) in [5.74, 6) is 1.97. The van der Waals surface area contributed by atoms with Crippen LogP contribution in [0.2, 0.25) is 0 Å². The maximum absolute atomic E-state index is 5.59. The van der Waals surface area contributed by atoms with Crippen LogP contribution in [0.1, 0.15) is 28.7 Å². The normalized spacial score (nSPS) is 13.0. The van der Waals surface area contributed by atoms with Crippen LogP contribution in [0.25, 0.3) is 0 Å². The molecule has 0 aliphatic carbocycles. The van der Waals surface area contributed by atoms with Crippen molar-refractivity contribution in [2.75, 3.05) is 7.05 Å². The highest BCUT2D eigenvalue weighted by atomic mass is 127. The van der Waals surface area contributed by atoms with E-state index in [1.807, 2.05) is 20.9 Å². The van der Waals surface area contributed by atoms with Crippen molar-refractivity contribution in [1.82, 2.24) is 5.32 Å². The lowest BCUT2D eigenvalue weighted by atomic mass is 10.0. The molecular weight excluding hydrogens is 333 g/mol. The summed E-state index contributed by atoms with van der Waals surface area (Å²) in [6.45, 7) is 4.00. The molecule has 0 saturated heterocycles. The Bertz CT molecular complexity index is 489. The third kappa shape index (κ3) is 2.33. The van der Waals surface area contributed by atoms with Gasteiger partial charge >= 0.3 is 0 Å². The van der Waals surface area contributed by atoms with Gasteiger partial charge in [-0.3, -0.25) is 0 Å². The second kappa shape index (κ2) is 4.89. The lowest BCUT2D eigenvalue weighted by Crippen LogP contribution is -2.17. The van der Waals surface area contributed by atoms with Gasteiger partial charge in [-0.1, -0.05) is 0 Å². The van der Waals surface area contributed by atoms with Gasteiger partial charge in [-0.15, -0.1) is 11.3 Å². The number of hydrogen-bond donors (Lipinski definition) is 1. The number of thiophene rings is 1. The molecule has 0 aliphatic rings. The molecule has 2 aromatic heterocycles. The van der Waals surface area contributed by atoms with Gasteiger partial charge in [0, 0.05) is 5.56 Å². The largest absolute Gasteiger partial charge is 0.466 e. The topological polar surface area (TPSA) is 25.2 Å². The van der Waals surface area contributed by atoms with Crippen LogP contribution in [0.4, 0.5) is 0 Å². The summed E-state index contributed by atoms with van der Waals surface area (Å²) in [6, 6.07) is 4.56. The Kier molecular flexibility index (Phi) is 3.71. The fraction of sp³-hybridized carbons (Fsp3) is 0.333. The Balaban J connectivity index is 2.40. The smallest absolute Gasteiger partial charge is 0.106 e. The van der Waals surface area contributed by atoms with Gasteiger partial charge in [0.25, 0.3) is 0 Å². The molecule has 0 saturated carbocycles. The van der Waals surface area contributed by atoms with Crippen molar-refractivity contribution in [3.8, 4) is 0 Å². The van der Waals surface area contributed by atoms with Crippen LogP contribution in [-0.2, 0) is 0 Å². The van der Waals surface area contributed by atoms with Gasteiger partial charge in [-0.2, -0.15) is 0 Å². The molecule has 2 heterocycles. The van der Waals surface area contributed by atoms with Crippen LogP contribution < -0.4 is 5.32 Å². The van der Waals surface area contributed by atoms with E-state index in [1.165, 1.54) is 14.0 Å². The Morgan fingerprint density at radius 1 is 1.38 bits per heavy atom. The second-order valence-electron chi connectivity index (χ2n) is 3.77. The van der Waals surface area contributed by atoms with Crippen LogP contribution in [0.3, 0.4) is 0 Å². The maximum Gasteiger partial charge on any atom is 0.106 e. The molecule has 16 heavy (non-hydrogen) atoms. The molecule has 1 unspecified atom stereocenters. The number of furan rings is 1. The first-order valence-corrected chi connectivity index (χ1v) is 7.05. The summed E-state index contributed by atoms with van der Waals surface area (Å²) in [6.07, 6.45) is 0. The molecule has 2 nitrogen and oxygen atoms in total. The molecule has 0 radical (unpaired) electrons. The highest BCUT2D eigenvalue weighted by Crippen LogP contribution is 2.30. The molecule has 2 aromatic rings. The van der Waals surface area contributed by atoms with E-state index in [0.29, 0.717) is 0 Å². The van der Waals surface area contributed by atoms with Crippen LogP contribution in [0.5, 0.6) is 0 Å². The Morgan fingerprint density at radius 3 is 2.56 bits per heavy atom. The minimum absolute atomic E-state index is 0.234. The number of aryl methyl sites for hydroxylation is 2. The van der Waals surface area contributed by atoms with Crippen molar-refractivity contribution in [3.05, 3.63) is 43.0 Å². The minimum Gasteiger partial charge on any atom is -0.466 e. The quantitative estimate of drug-likeness (QED) is 0.853. The molecule has 2 rings (SSSR count). The maximum atomic E-state index is 5.59. The van der Waals surface area contributed by atoms with E-state index in [0.717, 1.165) is 11.5 Å². The van der Waals surface area contributed by atoms with E-state index in [2.05, 4.69) is 45.4 Å². The van der Waals surface area contributed by atoms with Crippen molar-refractivity contribution in [2.45, 2.75) is 19.9 Å². The van der Waals surface area contributed by atoms with Crippen molar-refractivity contribution in [2.24, 2.45) is 0 Å². The van der Waals surface area contributed by atoms with E-state index >= 15 is 0 Å². The third-order valence-electron chi connectivity index (χ3n) is 2.60. The average Bonchev–Trinajstić information content (AvgIpc) is 2.76. The Labute approximate surface area is 113 Å². The van der Waals surface area contributed by atoms with Gasteiger partial charge in [0.2, 0.25) is 0 Å². The lowest BCUT2D eigenvalue weighted by Gasteiger charge is -2.13. The molecule has 0 amide bonds. The molecule has 86 valence electrons. The average molecular weight is 347 g/mol. The first kappa shape index (κ1) is 12.1. The summed E-state index contributed by atoms with van der Waals surface area (Å²) < 4.78 is 6.90. The zero-order valence-corrected chi connectivity index (χ0v) is 12.5. The van der Waals surface area contributed by atoms with Gasteiger partial charge in [0.05, 0.1) is 8.93 Å². The summed E-state index contributed by atoms with van der Waals surface area (Å²) >= 11 is 4.12. The van der Waals surface area contributed by atoms with Crippen molar-refractivity contribution in [1.29, 1.82) is 0 Å². The Morgan fingerprint density at radius 2 is 2.12 bits per heavy atom. The summed E-state index contributed by atoms with van der Waals surface area (Å²) in [5, 5.41) is 5.54. The highest BCUT2D eigenvalue weighted by molar-refractivity contribution is 14.1. The third-order valence-corrected chi connectivity index (χ3v) is 4.41. The Hall–Kier alpha value is -0.330. The van der Waals surface area contributed by atoms with Crippen LogP contribution in [-0.4, -0.2) is 7.05 Å². The van der Waals surface area contributed by atoms with Gasteiger partial charge in [0.15, 0.2) is 0 Å². The molecule has 1 N–H and O–H groups in total. The molecule has 0 spiro atoms. The highest BCUT2D eigenvalue weighted by Gasteiger charge is 2.18. The second-order valence-corrected chi connectivity index (χ2v) is 6.58. The standard InChI is InChI=1S/C12H14INOS/c1-7-4-10(8(2)15-7)12(14-3)9-5-11(13)16-6-9/h4-6,12,14H,1-3H3. The molecular formula is C12H14INOS. The predicted molar refractivity (Wildman–Crippen MR) is 76.1 cm³/mol. The van der Waals surface area contributed by atoms with E-state index in [-0.39, 0.29) is 6.04 Å². The molecule has 0 aromatic carbocycles. The molecule has 4 heteroatoms. The van der Waals surface area contributed by atoms with Gasteiger partial charge in [0.1, 0.15) is 11.5 Å². The number of rotatable bonds is 3. The van der Waals surface area contributed by atoms with Gasteiger partial charge < -0.3 is 9.73 Å². The number of nitrogens with one attached hydrogen (secondary N) is 1. The van der Waals surface area contributed by atoms with Crippen molar-refractivity contribution < 1.29 is 4.42 Å². The predicted octanol–water partition coefficient (Wildman–Crippen LogP) is 3.87. The van der Waals surface area contributed by atoms with Crippen molar-refractivity contribution in [3.63, 3.8) is 0 Å². The van der Waals surface area contributed by atoms with Gasteiger partial charge in [-0.25, -0.2) is 0 Å². The fourth-order valence-electron chi connectivity index (χ4n) is 1.91. The van der Waals surface area contributed by atoms with E-state index in [1.54, 1.807) is 11.3 Å². The first-order valence-electron chi connectivity index (χ1n) is 5.10. The number of hydrogen-bond acceptors (Lipinski definition) is 3. The number of halogens is 1. The summed E-state index contributed by atoms with van der Waals surface area (Å²) in [5.41, 5.74) is 2.54. The summed E-state index contributed by atoms with van der Waals surface area (Å²) in [7, 11) is 1.98. The minimum atomic E-state index is 0.234. The van der Waals surface area contributed by atoms with E-state index < -0.39 is 0 Å². The lowest BCUT2D eigenvalue weighted by molar-refractivity contribution is 0.497. The summed E-state index contributed by atoms with van der Waals surface area (Å²) in [4.78, 5) is 0. The van der Waals surface area contributed by atoms with Crippen LogP contribution in [0, 0.1) is 16.7 Å². The monoisotopic (exact) mass is 347 g/mol. The molecule has 1 atom stereocenters. The van der Waals surface area contributed by atoms with Crippen molar-refractivity contribution >= 4 is 33.9 Å². The van der Waals surface area contributed by atoms with Crippen LogP contribution in [0.15, 0.2) is 21.9 Å². The molecule has 0 bridgehead atoms. The molecule has 0 aliphatic heterocycles. The fourth-order valence-corrected chi connectivity index (χ4v) is 3.31. The molecule has 0 fully saturated rings. The SMILES string of the molecule is CNC(c1csc(I)c1)c1cc(C)oc1C. The van der Waals surface area contributed by atoms with E-state index in [9.17, 15) is 0 Å².